The first-order chi connectivity index (χ1) is 7.19. The van der Waals surface area contributed by atoms with E-state index in [1.807, 2.05) is 25.1 Å². The van der Waals surface area contributed by atoms with Gasteiger partial charge in [-0.25, -0.2) is 9.78 Å². The van der Waals surface area contributed by atoms with E-state index in [4.69, 9.17) is 0 Å². The van der Waals surface area contributed by atoms with Crippen LogP contribution in [0.4, 0.5) is 10.5 Å². The number of carbonyl (C=O) groups is 1. The second-order valence-corrected chi connectivity index (χ2v) is 4.27. The average Bonchev–Trinajstić information content (AvgIpc) is 2.57. The molecule has 78 valence electrons. The third kappa shape index (κ3) is 2.07. The number of nitrogens with zero attached hydrogens (tertiary/aromatic N) is 1. The van der Waals surface area contributed by atoms with Crippen LogP contribution in [-0.4, -0.2) is 18.2 Å². The number of nitrogens with one attached hydrogen (secondary N) is 1. The van der Waals surface area contributed by atoms with Crippen LogP contribution in [0.1, 0.15) is 5.01 Å². The van der Waals surface area contributed by atoms with E-state index < -0.39 is 6.09 Å². The van der Waals surface area contributed by atoms with Gasteiger partial charge in [0.15, 0.2) is 0 Å². The molecule has 0 atom stereocenters. The van der Waals surface area contributed by atoms with Crippen LogP contribution in [0.5, 0.6) is 0 Å². The van der Waals surface area contributed by atoms with Crippen molar-refractivity contribution in [2.75, 3.05) is 12.4 Å². The number of ether oxygens (including phenoxy) is 1. The Bertz CT molecular complexity index is 507. The molecule has 0 saturated heterocycles. The Hall–Kier alpha value is -1.62. The van der Waals surface area contributed by atoms with Gasteiger partial charge in [-0.15, -0.1) is 11.3 Å². The van der Waals surface area contributed by atoms with Crippen molar-refractivity contribution in [3.05, 3.63) is 23.2 Å². The topological polar surface area (TPSA) is 51.2 Å². The molecule has 4 nitrogen and oxygen atoms in total. The fraction of sp³-hybridized carbons (Fsp3) is 0.200. The van der Waals surface area contributed by atoms with Crippen LogP contribution in [-0.2, 0) is 4.74 Å². The number of carbonyl (C=O) groups excluding carboxylic acids is 1. The van der Waals surface area contributed by atoms with Crippen molar-refractivity contribution in [1.29, 1.82) is 0 Å². The van der Waals surface area contributed by atoms with Gasteiger partial charge in [0.05, 0.1) is 22.3 Å². The quantitative estimate of drug-likeness (QED) is 0.807. The predicted molar refractivity (Wildman–Crippen MR) is 60.4 cm³/mol. The normalized spacial score (nSPS) is 10.3. The van der Waals surface area contributed by atoms with E-state index in [0.29, 0.717) is 5.69 Å². The summed E-state index contributed by atoms with van der Waals surface area (Å²) < 4.78 is 5.62. The first-order valence-electron chi connectivity index (χ1n) is 4.41. The van der Waals surface area contributed by atoms with E-state index in [-0.39, 0.29) is 0 Å². The molecule has 0 fully saturated rings. The number of benzene rings is 1. The Kier molecular flexibility index (Phi) is 2.55. The lowest BCUT2D eigenvalue weighted by molar-refractivity contribution is 0.187. The molecule has 0 unspecified atom stereocenters. The van der Waals surface area contributed by atoms with E-state index in [1.54, 1.807) is 11.3 Å². The predicted octanol–water partition coefficient (Wildman–Crippen LogP) is 2.78. The molecule has 0 spiro atoms. The molecule has 0 radical (unpaired) electrons. The molecule has 1 N–H and O–H groups in total. The molecule has 2 rings (SSSR count). The second kappa shape index (κ2) is 3.86. The zero-order chi connectivity index (χ0) is 10.8. The van der Waals surface area contributed by atoms with Crippen molar-refractivity contribution in [1.82, 2.24) is 4.98 Å². The van der Waals surface area contributed by atoms with Crippen LogP contribution in [0.25, 0.3) is 10.2 Å². The number of thiazole rings is 1. The molecule has 0 saturated carbocycles. The molecule has 1 heterocycles. The smallest absolute Gasteiger partial charge is 0.411 e. The lowest BCUT2D eigenvalue weighted by atomic mass is 10.3. The molecule has 1 amide bonds. The van der Waals surface area contributed by atoms with E-state index >= 15 is 0 Å². The van der Waals surface area contributed by atoms with Gasteiger partial charge in [-0.3, -0.25) is 5.32 Å². The van der Waals surface area contributed by atoms with E-state index in [2.05, 4.69) is 15.0 Å². The van der Waals surface area contributed by atoms with Gasteiger partial charge in [0.1, 0.15) is 0 Å². The molecule has 0 bridgehead atoms. The summed E-state index contributed by atoms with van der Waals surface area (Å²) in [6.07, 6.45) is -0.471. The first kappa shape index (κ1) is 9.92. The number of methoxy groups -OCH3 is 1. The third-order valence-electron chi connectivity index (χ3n) is 1.93. The van der Waals surface area contributed by atoms with Crippen LogP contribution in [0, 0.1) is 6.92 Å². The van der Waals surface area contributed by atoms with Crippen molar-refractivity contribution in [3.8, 4) is 0 Å². The zero-order valence-electron chi connectivity index (χ0n) is 8.40. The summed E-state index contributed by atoms with van der Waals surface area (Å²) in [7, 11) is 1.33. The largest absolute Gasteiger partial charge is 0.453 e. The van der Waals surface area contributed by atoms with E-state index in [0.717, 1.165) is 15.2 Å². The number of aromatic nitrogens is 1. The lowest BCUT2D eigenvalue weighted by Gasteiger charge is -2.02. The molecule has 1 aromatic carbocycles. The molecular formula is C10H10N2O2S. The average molecular weight is 222 g/mol. The summed E-state index contributed by atoms with van der Waals surface area (Å²) in [5, 5.41) is 3.61. The molecular weight excluding hydrogens is 212 g/mol. The Morgan fingerprint density at radius 2 is 2.33 bits per heavy atom. The van der Waals surface area contributed by atoms with Crippen molar-refractivity contribution < 1.29 is 9.53 Å². The third-order valence-corrected chi connectivity index (χ3v) is 2.88. The minimum absolute atomic E-state index is 0.471. The number of aryl methyl sites for hydroxylation is 1. The highest BCUT2D eigenvalue weighted by Crippen LogP contribution is 2.24. The maximum absolute atomic E-state index is 11.0. The summed E-state index contributed by atoms with van der Waals surface area (Å²) in [5.74, 6) is 0. The fourth-order valence-electron chi connectivity index (χ4n) is 1.29. The summed E-state index contributed by atoms with van der Waals surface area (Å²) in [6.45, 7) is 1.96. The molecule has 2 aromatic rings. The van der Waals surface area contributed by atoms with Gasteiger partial charge in [-0.1, -0.05) is 0 Å². The SMILES string of the molecule is COC(=O)Nc1ccc2sc(C)nc2c1. The van der Waals surface area contributed by atoms with Crippen molar-refractivity contribution in [2.24, 2.45) is 0 Å². The van der Waals surface area contributed by atoms with Gasteiger partial charge in [-0.2, -0.15) is 0 Å². The number of hydrogen-bond acceptors (Lipinski definition) is 4. The highest BCUT2D eigenvalue weighted by atomic mass is 32.1. The van der Waals surface area contributed by atoms with Gasteiger partial charge in [0.25, 0.3) is 0 Å². The zero-order valence-corrected chi connectivity index (χ0v) is 9.22. The van der Waals surface area contributed by atoms with Gasteiger partial charge >= 0.3 is 6.09 Å². The van der Waals surface area contributed by atoms with Gasteiger partial charge in [0, 0.05) is 5.69 Å². The number of amides is 1. The Labute approximate surface area is 90.9 Å². The van der Waals surface area contributed by atoms with Crippen LogP contribution < -0.4 is 5.32 Å². The molecule has 0 aliphatic rings. The molecule has 5 heteroatoms. The standard InChI is InChI=1S/C10H10N2O2S/c1-6-11-8-5-7(12-10(13)14-2)3-4-9(8)15-6/h3-5H,1-2H3,(H,12,13). The maximum Gasteiger partial charge on any atom is 0.411 e. The molecule has 0 aliphatic heterocycles. The van der Waals surface area contributed by atoms with Crippen LogP contribution in [0.15, 0.2) is 18.2 Å². The van der Waals surface area contributed by atoms with Crippen LogP contribution in [0.3, 0.4) is 0 Å². The Morgan fingerprint density at radius 3 is 3.07 bits per heavy atom. The van der Waals surface area contributed by atoms with Crippen molar-refractivity contribution in [3.63, 3.8) is 0 Å². The highest BCUT2D eigenvalue weighted by Gasteiger charge is 2.04. The van der Waals surface area contributed by atoms with E-state index in [9.17, 15) is 4.79 Å². The first-order valence-corrected chi connectivity index (χ1v) is 5.23. The minimum Gasteiger partial charge on any atom is -0.453 e. The number of hydrogen-bond donors (Lipinski definition) is 1. The van der Waals surface area contributed by atoms with Gasteiger partial charge in [0.2, 0.25) is 0 Å². The van der Waals surface area contributed by atoms with Gasteiger partial charge < -0.3 is 4.74 Å². The molecule has 0 aliphatic carbocycles. The number of rotatable bonds is 1. The monoisotopic (exact) mass is 222 g/mol. The second-order valence-electron chi connectivity index (χ2n) is 3.03. The summed E-state index contributed by atoms with van der Waals surface area (Å²) in [4.78, 5) is 15.3. The summed E-state index contributed by atoms with van der Waals surface area (Å²) >= 11 is 1.63. The summed E-state index contributed by atoms with van der Waals surface area (Å²) in [6, 6.07) is 5.60. The lowest BCUT2D eigenvalue weighted by Crippen LogP contribution is -2.10. The Balaban J connectivity index is 2.33. The maximum atomic E-state index is 11.0. The van der Waals surface area contributed by atoms with Crippen molar-refractivity contribution in [2.45, 2.75) is 6.92 Å². The van der Waals surface area contributed by atoms with Crippen molar-refractivity contribution >= 4 is 33.3 Å². The van der Waals surface area contributed by atoms with Gasteiger partial charge in [-0.05, 0) is 25.1 Å². The number of anilines is 1. The summed E-state index contributed by atoms with van der Waals surface area (Å²) in [5.41, 5.74) is 1.59. The van der Waals surface area contributed by atoms with Crippen LogP contribution in [0.2, 0.25) is 0 Å². The molecule has 15 heavy (non-hydrogen) atoms. The number of fused-ring (bicyclic) bond motifs is 1. The Morgan fingerprint density at radius 1 is 1.53 bits per heavy atom. The highest BCUT2D eigenvalue weighted by molar-refractivity contribution is 7.18. The fourth-order valence-corrected chi connectivity index (χ4v) is 2.10. The van der Waals surface area contributed by atoms with E-state index in [1.165, 1.54) is 7.11 Å². The van der Waals surface area contributed by atoms with Crippen LogP contribution >= 0.6 is 11.3 Å². The minimum atomic E-state index is -0.471. The molecule has 1 aromatic heterocycles.